The molecule has 2 aromatic carbocycles. The van der Waals surface area contributed by atoms with Gasteiger partial charge in [-0.3, -0.25) is 18.9 Å². The Labute approximate surface area is 248 Å². The molecule has 3 aliphatic rings. The number of carbonyl (C=O) groups is 2. The predicted octanol–water partition coefficient (Wildman–Crippen LogP) is 3.32. The molecule has 0 spiro atoms. The fourth-order valence-corrected chi connectivity index (χ4v) is 6.24. The van der Waals surface area contributed by atoms with Crippen LogP contribution in [0.25, 0.3) is 22.3 Å². The van der Waals surface area contributed by atoms with Crippen molar-refractivity contribution in [2.24, 2.45) is 0 Å². The van der Waals surface area contributed by atoms with E-state index in [1.165, 1.54) is 42.7 Å². The second-order valence-corrected chi connectivity index (χ2v) is 12.7. The summed E-state index contributed by atoms with van der Waals surface area (Å²) < 4.78 is 46.5. The highest BCUT2D eigenvalue weighted by Gasteiger charge is 2.32. The van der Waals surface area contributed by atoms with E-state index in [4.69, 9.17) is 4.42 Å². The maximum atomic E-state index is 13.7. The lowest BCUT2D eigenvalue weighted by atomic mass is 9.87. The second-order valence-electron chi connectivity index (χ2n) is 10.7. The van der Waals surface area contributed by atoms with Gasteiger partial charge in [0.1, 0.15) is 17.2 Å². The molecule has 0 unspecified atom stereocenters. The zero-order valence-corrected chi connectivity index (χ0v) is 24.7. The summed E-state index contributed by atoms with van der Waals surface area (Å²) in [5.74, 6) is -0.927. The summed E-state index contributed by atoms with van der Waals surface area (Å²) in [4.78, 5) is 28.6. The number of hydrogen-bond acceptors (Lipinski definition) is 8. The van der Waals surface area contributed by atoms with E-state index in [2.05, 4.69) is 16.3 Å². The highest BCUT2D eigenvalue weighted by molar-refractivity contribution is 7.92. The Bertz CT molecular complexity index is 1830. The molecule has 1 aromatic heterocycles. The Morgan fingerprint density at radius 2 is 1.95 bits per heavy atom. The summed E-state index contributed by atoms with van der Waals surface area (Å²) in [5.41, 5.74) is 9.32. The maximum absolute atomic E-state index is 13.7. The first kappa shape index (κ1) is 28.5. The summed E-state index contributed by atoms with van der Waals surface area (Å²) in [6.07, 6.45) is 9.60. The van der Waals surface area contributed by atoms with Gasteiger partial charge < -0.3 is 20.1 Å². The molecule has 1 fully saturated rings. The van der Waals surface area contributed by atoms with Gasteiger partial charge in [-0.25, -0.2) is 12.8 Å². The largest absolute Gasteiger partial charge is 0.455 e. The second kappa shape index (κ2) is 10.9. The first-order valence-electron chi connectivity index (χ1n) is 13.8. The van der Waals surface area contributed by atoms with Crippen molar-refractivity contribution >= 4 is 38.5 Å². The number of benzene rings is 2. The summed E-state index contributed by atoms with van der Waals surface area (Å²) in [5, 5.41) is 4.91. The van der Waals surface area contributed by atoms with Gasteiger partial charge in [-0.15, -0.1) is 5.53 Å². The van der Waals surface area contributed by atoms with E-state index in [-0.39, 0.29) is 23.1 Å². The summed E-state index contributed by atoms with van der Waals surface area (Å²) in [7, 11) is -0.697. The number of halogens is 1. The predicted molar refractivity (Wildman–Crippen MR) is 160 cm³/mol. The van der Waals surface area contributed by atoms with E-state index in [0.29, 0.717) is 59.3 Å². The van der Waals surface area contributed by atoms with Crippen LogP contribution < -0.4 is 20.6 Å². The molecule has 4 heterocycles. The molecule has 1 atom stereocenters. The summed E-state index contributed by atoms with van der Waals surface area (Å²) in [6.45, 7) is 0.917. The molecule has 13 heteroatoms. The molecule has 11 nitrogen and oxygen atoms in total. The fraction of sp³-hybridized carbons (Fsp3) is 0.267. The van der Waals surface area contributed by atoms with E-state index in [1.807, 2.05) is 0 Å². The smallest absolute Gasteiger partial charge is 0.255 e. The number of furan rings is 1. The van der Waals surface area contributed by atoms with E-state index in [1.54, 1.807) is 46.6 Å². The number of hydrazine groups is 2. The molecule has 3 aromatic rings. The molecule has 3 aliphatic heterocycles. The SMILES string of the molecule is CNC(=O)c1c(-c2ccc(F)cc2)oc2cc(N(C)S(C)(=O)=O)c([C@H]3CCCN(C(=O)C4=CC5=CNNN5C=C4)C3)cc12. The van der Waals surface area contributed by atoms with Crippen LogP contribution in [0.2, 0.25) is 0 Å². The zero-order valence-electron chi connectivity index (χ0n) is 23.8. The van der Waals surface area contributed by atoms with Crippen LogP contribution in [0.1, 0.15) is 34.7 Å². The standard InChI is InChI=1S/C30H31FN6O5S/c1-32-29(38)27-24-14-23(20-5-4-11-36(17-20)30(39)19-10-12-37-22(13-19)16-33-34-37)25(35(2)43(3,40)41)15-26(24)42-28(27)18-6-8-21(31)9-7-18/h6-10,12-16,20,33-34H,4-5,11,17H2,1-3H3,(H,32,38)/t20-/m0/s1. The van der Waals surface area contributed by atoms with Gasteiger partial charge in [0, 0.05) is 68.1 Å². The number of amides is 2. The monoisotopic (exact) mass is 606 g/mol. The third-order valence-electron chi connectivity index (χ3n) is 8.02. The first-order chi connectivity index (χ1) is 20.5. The highest BCUT2D eigenvalue weighted by atomic mass is 32.2. The minimum absolute atomic E-state index is 0.125. The Balaban J connectivity index is 1.44. The number of fused-ring (bicyclic) bond motifs is 2. The number of nitrogens with zero attached hydrogens (tertiary/aromatic N) is 3. The van der Waals surface area contributed by atoms with Gasteiger partial charge in [0.05, 0.1) is 23.2 Å². The average molecular weight is 607 g/mol. The van der Waals surface area contributed by atoms with Crippen molar-refractivity contribution in [1.29, 1.82) is 0 Å². The molecule has 0 bridgehead atoms. The van der Waals surface area contributed by atoms with Gasteiger partial charge in [0.2, 0.25) is 10.0 Å². The Morgan fingerprint density at radius 3 is 2.67 bits per heavy atom. The maximum Gasteiger partial charge on any atom is 0.255 e. The van der Waals surface area contributed by atoms with Crippen LogP contribution in [0.15, 0.2) is 76.6 Å². The van der Waals surface area contributed by atoms with Crippen molar-refractivity contribution in [1.82, 2.24) is 26.2 Å². The van der Waals surface area contributed by atoms with Crippen molar-refractivity contribution in [3.05, 3.63) is 89.2 Å². The topological polar surface area (TPSA) is 127 Å². The van der Waals surface area contributed by atoms with Crippen LogP contribution >= 0.6 is 0 Å². The molecule has 1 saturated heterocycles. The molecular formula is C30H31FN6O5S. The highest BCUT2D eigenvalue weighted by Crippen LogP contribution is 2.42. The van der Waals surface area contributed by atoms with Crippen molar-refractivity contribution in [3.63, 3.8) is 0 Å². The van der Waals surface area contributed by atoms with Crippen molar-refractivity contribution in [2.75, 3.05) is 37.7 Å². The third-order valence-corrected chi connectivity index (χ3v) is 9.21. The number of piperidine rings is 1. The molecule has 3 N–H and O–H groups in total. The van der Waals surface area contributed by atoms with Gasteiger partial charge in [-0.1, -0.05) is 0 Å². The first-order valence-corrected chi connectivity index (χ1v) is 15.6. The Morgan fingerprint density at radius 1 is 1.19 bits per heavy atom. The van der Waals surface area contributed by atoms with E-state index < -0.39 is 21.7 Å². The number of rotatable bonds is 6. The fourth-order valence-electron chi connectivity index (χ4n) is 5.72. The van der Waals surface area contributed by atoms with Crippen molar-refractivity contribution < 1.29 is 26.8 Å². The van der Waals surface area contributed by atoms with Gasteiger partial charge in [0.25, 0.3) is 11.8 Å². The number of hydrogen-bond donors (Lipinski definition) is 3. The van der Waals surface area contributed by atoms with E-state index >= 15 is 0 Å². The van der Waals surface area contributed by atoms with Gasteiger partial charge in [-0.2, -0.15) is 0 Å². The number of carbonyl (C=O) groups excluding carboxylic acids is 2. The molecule has 224 valence electrons. The van der Waals surface area contributed by atoms with Crippen LogP contribution in [0, 0.1) is 5.82 Å². The normalized spacial score (nSPS) is 18.2. The molecular weight excluding hydrogens is 575 g/mol. The van der Waals surface area contributed by atoms with Crippen LogP contribution in [0.5, 0.6) is 0 Å². The van der Waals surface area contributed by atoms with E-state index in [0.717, 1.165) is 12.0 Å². The molecule has 0 aliphatic carbocycles. The van der Waals surface area contributed by atoms with Crippen LogP contribution in [0.4, 0.5) is 10.1 Å². The molecule has 43 heavy (non-hydrogen) atoms. The van der Waals surface area contributed by atoms with Crippen molar-refractivity contribution in [3.8, 4) is 11.3 Å². The third kappa shape index (κ3) is 5.25. The van der Waals surface area contributed by atoms with Crippen molar-refractivity contribution in [2.45, 2.75) is 18.8 Å². The van der Waals surface area contributed by atoms with Gasteiger partial charge in [-0.05, 0) is 60.9 Å². The average Bonchev–Trinajstić information content (AvgIpc) is 3.63. The van der Waals surface area contributed by atoms with Gasteiger partial charge >= 0.3 is 0 Å². The Kier molecular flexibility index (Phi) is 7.22. The quantitative estimate of drug-likeness (QED) is 0.390. The lowest BCUT2D eigenvalue weighted by molar-refractivity contribution is -0.128. The summed E-state index contributed by atoms with van der Waals surface area (Å²) >= 11 is 0. The number of allylic oxidation sites excluding steroid dienone is 1. The lowest BCUT2D eigenvalue weighted by Crippen LogP contribution is -2.41. The molecule has 2 amide bonds. The Hall–Kier alpha value is -4.62. The summed E-state index contributed by atoms with van der Waals surface area (Å²) in [6, 6.07) is 9.03. The number of nitrogens with one attached hydrogen (secondary N) is 3. The molecule has 0 radical (unpaired) electrons. The number of sulfonamides is 1. The number of anilines is 1. The minimum Gasteiger partial charge on any atom is -0.455 e. The lowest BCUT2D eigenvalue weighted by Gasteiger charge is -2.35. The molecule has 6 rings (SSSR count). The number of likely N-dealkylation sites (tertiary alicyclic amines) is 1. The van der Waals surface area contributed by atoms with E-state index in [9.17, 15) is 22.4 Å². The van der Waals surface area contributed by atoms with Crippen LogP contribution in [0.3, 0.4) is 0 Å². The minimum atomic E-state index is -3.67. The van der Waals surface area contributed by atoms with Crippen LogP contribution in [-0.2, 0) is 14.8 Å². The van der Waals surface area contributed by atoms with Crippen LogP contribution in [-0.4, -0.2) is 63.6 Å². The zero-order chi connectivity index (χ0) is 30.5. The van der Waals surface area contributed by atoms with Gasteiger partial charge in [0.15, 0.2) is 0 Å². The molecule has 0 saturated carbocycles.